The lowest BCUT2D eigenvalue weighted by atomic mass is 10.1. The first-order valence-electron chi connectivity index (χ1n) is 6.15. The SMILES string of the molecule is CCOCC(C)NC(C)c1ccc(OC)cc1. The van der Waals surface area contributed by atoms with Gasteiger partial charge < -0.3 is 14.8 Å². The number of methoxy groups -OCH3 is 1. The maximum absolute atomic E-state index is 5.39. The predicted molar refractivity (Wildman–Crippen MR) is 70.5 cm³/mol. The van der Waals surface area contributed by atoms with Crippen molar-refractivity contribution in [1.82, 2.24) is 5.32 Å². The topological polar surface area (TPSA) is 30.5 Å². The number of hydrogen-bond acceptors (Lipinski definition) is 3. The summed E-state index contributed by atoms with van der Waals surface area (Å²) in [6.07, 6.45) is 0. The van der Waals surface area contributed by atoms with Crippen LogP contribution in [0.4, 0.5) is 0 Å². The lowest BCUT2D eigenvalue weighted by Gasteiger charge is -2.20. The first-order valence-corrected chi connectivity index (χ1v) is 6.15. The number of nitrogens with one attached hydrogen (secondary N) is 1. The van der Waals surface area contributed by atoms with Gasteiger partial charge >= 0.3 is 0 Å². The molecule has 3 nitrogen and oxygen atoms in total. The summed E-state index contributed by atoms with van der Waals surface area (Å²) >= 11 is 0. The van der Waals surface area contributed by atoms with Crippen LogP contribution in [0.3, 0.4) is 0 Å². The Morgan fingerprint density at radius 3 is 2.35 bits per heavy atom. The largest absolute Gasteiger partial charge is 0.497 e. The van der Waals surface area contributed by atoms with Gasteiger partial charge in [-0.2, -0.15) is 0 Å². The van der Waals surface area contributed by atoms with Crippen molar-refractivity contribution in [2.24, 2.45) is 0 Å². The molecular weight excluding hydrogens is 214 g/mol. The molecule has 17 heavy (non-hydrogen) atoms. The summed E-state index contributed by atoms with van der Waals surface area (Å²) < 4.78 is 10.5. The van der Waals surface area contributed by atoms with Gasteiger partial charge in [0.05, 0.1) is 13.7 Å². The van der Waals surface area contributed by atoms with Crippen molar-refractivity contribution >= 4 is 0 Å². The Balaban J connectivity index is 2.47. The van der Waals surface area contributed by atoms with Gasteiger partial charge in [0.25, 0.3) is 0 Å². The third-order valence-corrected chi connectivity index (χ3v) is 2.72. The van der Waals surface area contributed by atoms with Crippen molar-refractivity contribution < 1.29 is 9.47 Å². The van der Waals surface area contributed by atoms with Crippen LogP contribution in [0.25, 0.3) is 0 Å². The molecule has 0 amide bonds. The molecule has 96 valence electrons. The van der Waals surface area contributed by atoms with Crippen molar-refractivity contribution in [3.63, 3.8) is 0 Å². The number of ether oxygens (including phenoxy) is 2. The molecule has 0 heterocycles. The van der Waals surface area contributed by atoms with Crippen LogP contribution in [-0.2, 0) is 4.74 Å². The second-order valence-electron chi connectivity index (χ2n) is 4.22. The zero-order valence-corrected chi connectivity index (χ0v) is 11.2. The lowest BCUT2D eigenvalue weighted by Crippen LogP contribution is -2.32. The van der Waals surface area contributed by atoms with Crippen LogP contribution < -0.4 is 10.1 Å². The Hall–Kier alpha value is -1.06. The summed E-state index contributed by atoms with van der Waals surface area (Å²) in [5, 5.41) is 3.50. The van der Waals surface area contributed by atoms with Crippen LogP contribution in [0, 0.1) is 0 Å². The van der Waals surface area contributed by atoms with Gasteiger partial charge in [-0.25, -0.2) is 0 Å². The molecule has 0 radical (unpaired) electrons. The second kappa shape index (κ2) is 7.30. The minimum absolute atomic E-state index is 0.316. The molecule has 2 atom stereocenters. The van der Waals surface area contributed by atoms with Gasteiger partial charge in [-0.15, -0.1) is 0 Å². The Morgan fingerprint density at radius 1 is 1.18 bits per heavy atom. The molecule has 2 unspecified atom stereocenters. The fourth-order valence-corrected chi connectivity index (χ4v) is 1.76. The zero-order chi connectivity index (χ0) is 12.7. The van der Waals surface area contributed by atoms with E-state index < -0.39 is 0 Å². The molecule has 0 saturated heterocycles. The highest BCUT2D eigenvalue weighted by Gasteiger charge is 2.09. The molecule has 0 saturated carbocycles. The summed E-state index contributed by atoms with van der Waals surface area (Å²) in [6, 6.07) is 8.82. The number of hydrogen-bond donors (Lipinski definition) is 1. The van der Waals surface area contributed by atoms with Crippen molar-refractivity contribution in [2.75, 3.05) is 20.3 Å². The smallest absolute Gasteiger partial charge is 0.118 e. The average molecular weight is 237 g/mol. The van der Waals surface area contributed by atoms with Crippen LogP contribution in [0.2, 0.25) is 0 Å². The minimum atomic E-state index is 0.316. The predicted octanol–water partition coefficient (Wildman–Crippen LogP) is 2.77. The van der Waals surface area contributed by atoms with Gasteiger partial charge in [0.15, 0.2) is 0 Å². The van der Waals surface area contributed by atoms with Crippen LogP contribution in [-0.4, -0.2) is 26.4 Å². The van der Waals surface area contributed by atoms with E-state index in [1.54, 1.807) is 7.11 Å². The highest BCUT2D eigenvalue weighted by atomic mass is 16.5. The molecule has 0 aliphatic carbocycles. The van der Waals surface area contributed by atoms with E-state index in [4.69, 9.17) is 9.47 Å². The molecule has 0 spiro atoms. The Labute approximate surface area is 104 Å². The molecule has 0 fully saturated rings. The van der Waals surface area contributed by atoms with E-state index in [-0.39, 0.29) is 0 Å². The molecule has 1 rings (SSSR count). The zero-order valence-electron chi connectivity index (χ0n) is 11.2. The van der Waals surface area contributed by atoms with Gasteiger partial charge in [-0.1, -0.05) is 12.1 Å². The van der Waals surface area contributed by atoms with Crippen molar-refractivity contribution in [3.05, 3.63) is 29.8 Å². The number of rotatable bonds is 7. The quantitative estimate of drug-likeness (QED) is 0.791. The first kappa shape index (κ1) is 14.0. The Kier molecular flexibility index (Phi) is 6.01. The summed E-state index contributed by atoms with van der Waals surface area (Å²) in [5.74, 6) is 0.892. The normalized spacial score (nSPS) is 14.4. The van der Waals surface area contributed by atoms with Gasteiger partial charge in [0.1, 0.15) is 5.75 Å². The van der Waals surface area contributed by atoms with Gasteiger partial charge in [-0.3, -0.25) is 0 Å². The molecular formula is C14H23NO2. The van der Waals surface area contributed by atoms with Gasteiger partial charge in [0.2, 0.25) is 0 Å². The maximum atomic E-state index is 5.39. The monoisotopic (exact) mass is 237 g/mol. The third kappa shape index (κ3) is 4.75. The molecule has 1 N–H and O–H groups in total. The summed E-state index contributed by atoms with van der Waals surface area (Å²) in [4.78, 5) is 0. The summed E-state index contributed by atoms with van der Waals surface area (Å²) in [5.41, 5.74) is 1.26. The van der Waals surface area contributed by atoms with Crippen LogP contribution in [0.15, 0.2) is 24.3 Å². The minimum Gasteiger partial charge on any atom is -0.497 e. The highest BCUT2D eigenvalue weighted by molar-refractivity contribution is 5.28. The molecule has 0 aliphatic heterocycles. The molecule has 0 bridgehead atoms. The van der Waals surface area contributed by atoms with Crippen molar-refractivity contribution in [1.29, 1.82) is 0 Å². The van der Waals surface area contributed by atoms with Crippen molar-refractivity contribution in [3.8, 4) is 5.75 Å². The van der Waals surface area contributed by atoms with E-state index in [9.17, 15) is 0 Å². The standard InChI is InChI=1S/C14H23NO2/c1-5-17-10-11(2)15-12(3)13-6-8-14(16-4)9-7-13/h6-9,11-12,15H,5,10H2,1-4H3. The maximum Gasteiger partial charge on any atom is 0.118 e. The molecule has 3 heteroatoms. The Morgan fingerprint density at radius 2 is 1.82 bits per heavy atom. The van der Waals surface area contributed by atoms with Crippen LogP contribution >= 0.6 is 0 Å². The second-order valence-corrected chi connectivity index (χ2v) is 4.22. The van der Waals surface area contributed by atoms with Crippen LogP contribution in [0.5, 0.6) is 5.75 Å². The Bertz CT molecular complexity index is 311. The summed E-state index contributed by atoms with van der Waals surface area (Å²) in [6.45, 7) is 7.82. The first-order chi connectivity index (χ1) is 8.17. The van der Waals surface area contributed by atoms with Gasteiger partial charge in [-0.05, 0) is 38.5 Å². The number of benzene rings is 1. The fourth-order valence-electron chi connectivity index (χ4n) is 1.76. The van der Waals surface area contributed by atoms with E-state index in [0.29, 0.717) is 12.1 Å². The molecule has 1 aromatic rings. The van der Waals surface area contributed by atoms with Crippen LogP contribution in [0.1, 0.15) is 32.4 Å². The fraction of sp³-hybridized carbons (Fsp3) is 0.571. The average Bonchev–Trinajstić information content (AvgIpc) is 2.36. The summed E-state index contributed by atoms with van der Waals surface area (Å²) in [7, 11) is 1.68. The highest BCUT2D eigenvalue weighted by Crippen LogP contribution is 2.17. The molecule has 1 aromatic carbocycles. The van der Waals surface area contributed by atoms with Crippen molar-refractivity contribution in [2.45, 2.75) is 32.9 Å². The van der Waals surface area contributed by atoms with E-state index in [1.807, 2.05) is 19.1 Å². The third-order valence-electron chi connectivity index (χ3n) is 2.72. The molecule has 0 aromatic heterocycles. The van der Waals surface area contributed by atoms with E-state index >= 15 is 0 Å². The van der Waals surface area contributed by atoms with Gasteiger partial charge in [0, 0.05) is 18.7 Å². The van der Waals surface area contributed by atoms with E-state index in [1.165, 1.54) is 5.56 Å². The van der Waals surface area contributed by atoms with E-state index in [2.05, 4.69) is 31.3 Å². The van der Waals surface area contributed by atoms with E-state index in [0.717, 1.165) is 19.0 Å². The lowest BCUT2D eigenvalue weighted by molar-refractivity contribution is 0.124. The molecule has 0 aliphatic rings.